The smallest absolute Gasteiger partial charge is 0.358 e. The number of nitrogens with zero attached hydrogens (tertiary/aromatic N) is 1. The number of amides is 2. The summed E-state index contributed by atoms with van der Waals surface area (Å²) in [5.74, 6) is 1.88. The van der Waals surface area contributed by atoms with E-state index in [4.69, 9.17) is 0 Å². The first-order chi connectivity index (χ1) is 21.6. The maximum absolute atomic E-state index is 14.4. The zero-order valence-electron chi connectivity index (χ0n) is 27.6. The summed E-state index contributed by atoms with van der Waals surface area (Å²) in [6, 6.07) is 13.2. The van der Waals surface area contributed by atoms with Gasteiger partial charge in [0.2, 0.25) is 11.8 Å². The second-order valence-corrected chi connectivity index (χ2v) is 16.2. The lowest BCUT2D eigenvalue weighted by Gasteiger charge is -2.57. The van der Waals surface area contributed by atoms with E-state index in [1.165, 1.54) is 42.3 Å². The molecular formula is C38H46F3N3O2. The summed E-state index contributed by atoms with van der Waals surface area (Å²) >= 11 is 0. The lowest BCUT2D eigenvalue weighted by molar-refractivity contribution is -0.150. The normalized spacial score (nSPS) is 29.6. The fourth-order valence-electron chi connectivity index (χ4n) is 10.1. The largest absolute Gasteiger partial charge is 0.416 e. The van der Waals surface area contributed by atoms with E-state index in [0.29, 0.717) is 23.3 Å². The molecule has 0 spiro atoms. The van der Waals surface area contributed by atoms with Gasteiger partial charge in [0.05, 0.1) is 5.56 Å². The van der Waals surface area contributed by atoms with Gasteiger partial charge >= 0.3 is 6.18 Å². The van der Waals surface area contributed by atoms with Gasteiger partial charge in [-0.2, -0.15) is 13.2 Å². The molecule has 1 aromatic heterocycles. The van der Waals surface area contributed by atoms with Crippen molar-refractivity contribution in [2.24, 2.45) is 29.1 Å². The number of aromatic amines is 1. The second kappa shape index (κ2) is 10.6. The molecular weight excluding hydrogens is 587 g/mol. The summed E-state index contributed by atoms with van der Waals surface area (Å²) < 4.78 is 40.0. The number of hydrogen-bond donors (Lipinski definition) is 2. The molecule has 8 heteroatoms. The Kier molecular flexibility index (Phi) is 7.22. The Balaban J connectivity index is 1.16. The van der Waals surface area contributed by atoms with Crippen LogP contribution in [0.15, 0.2) is 48.5 Å². The molecule has 5 nitrogen and oxygen atoms in total. The molecule has 3 aromatic rings. The van der Waals surface area contributed by atoms with Gasteiger partial charge in [-0.05, 0) is 124 Å². The molecule has 46 heavy (non-hydrogen) atoms. The van der Waals surface area contributed by atoms with Crippen molar-refractivity contribution < 1.29 is 22.8 Å². The predicted octanol–water partition coefficient (Wildman–Crippen LogP) is 8.52. The summed E-state index contributed by atoms with van der Waals surface area (Å²) in [5, 5.41) is 4.64. The first-order valence-electron chi connectivity index (χ1n) is 16.9. The van der Waals surface area contributed by atoms with Crippen molar-refractivity contribution in [3.05, 3.63) is 70.9 Å². The number of carbonyl (C=O) groups is 2. The minimum absolute atomic E-state index is 0.0577. The number of carbonyl (C=O) groups excluding carboxylic acids is 2. The summed E-state index contributed by atoms with van der Waals surface area (Å²) in [6.45, 7) is 10.1. The van der Waals surface area contributed by atoms with Gasteiger partial charge in [0.25, 0.3) is 0 Å². The number of hydrogen-bond acceptors (Lipinski definition) is 2. The van der Waals surface area contributed by atoms with Gasteiger partial charge < -0.3 is 15.2 Å². The lowest BCUT2D eigenvalue weighted by atomic mass is 9.53. The molecule has 2 aromatic carbocycles. The van der Waals surface area contributed by atoms with E-state index in [1.807, 2.05) is 12.1 Å². The van der Waals surface area contributed by atoms with Gasteiger partial charge in [-0.15, -0.1) is 0 Å². The maximum Gasteiger partial charge on any atom is 0.416 e. The molecule has 0 saturated heterocycles. The minimum atomic E-state index is -4.45. The Labute approximate surface area is 269 Å². The van der Waals surface area contributed by atoms with E-state index in [-0.39, 0.29) is 47.6 Å². The highest BCUT2D eigenvalue weighted by molar-refractivity contribution is 5.92. The van der Waals surface area contributed by atoms with Crippen LogP contribution in [0.25, 0.3) is 10.9 Å². The van der Waals surface area contributed by atoms with E-state index in [1.54, 1.807) is 18.7 Å². The van der Waals surface area contributed by atoms with Crippen LogP contribution in [0.2, 0.25) is 0 Å². The lowest BCUT2D eigenvalue weighted by Crippen LogP contribution is -2.65. The van der Waals surface area contributed by atoms with Gasteiger partial charge in [0, 0.05) is 35.1 Å². The van der Waals surface area contributed by atoms with Gasteiger partial charge in [-0.25, -0.2) is 0 Å². The number of halogens is 3. The number of H-pyrrole nitrogens is 1. The molecule has 5 aliphatic carbocycles. The third-order valence-electron chi connectivity index (χ3n) is 12.3. The predicted molar refractivity (Wildman–Crippen MR) is 173 cm³/mol. The molecule has 4 bridgehead atoms. The van der Waals surface area contributed by atoms with Crippen molar-refractivity contribution in [2.75, 3.05) is 0 Å². The number of rotatable bonds is 8. The molecule has 246 valence electrons. The number of para-hydroxylation sites is 1. The second-order valence-electron chi connectivity index (χ2n) is 16.2. The molecule has 5 aliphatic rings. The average molecular weight is 634 g/mol. The molecule has 1 heterocycles. The van der Waals surface area contributed by atoms with Crippen molar-refractivity contribution in [3.8, 4) is 0 Å². The zero-order chi connectivity index (χ0) is 32.8. The highest BCUT2D eigenvalue weighted by Gasteiger charge is 2.60. The van der Waals surface area contributed by atoms with Crippen molar-refractivity contribution in [1.29, 1.82) is 0 Å². The molecule has 2 atom stereocenters. The van der Waals surface area contributed by atoms with Crippen LogP contribution in [-0.2, 0) is 22.3 Å². The van der Waals surface area contributed by atoms with Crippen LogP contribution in [0.3, 0.4) is 0 Å². The van der Waals surface area contributed by atoms with Crippen LogP contribution in [0.4, 0.5) is 13.2 Å². The molecule has 0 unspecified atom stereocenters. The Bertz CT molecular complexity index is 1630. The quantitative estimate of drug-likeness (QED) is 0.261. The van der Waals surface area contributed by atoms with E-state index < -0.39 is 17.3 Å². The number of fused-ring (bicyclic) bond motifs is 1. The SMILES string of the molecule is Cc1[nH]c2ccccc2c1[C@H]1[C@@H](CC(=O)N(Cc2ccc(C(F)(F)F)cc2)C(C)(C)C(=O)NC23CC4CC(CC(C4)C2)C3)C1(C)C. The maximum atomic E-state index is 14.4. The summed E-state index contributed by atoms with van der Waals surface area (Å²) in [5.41, 5.74) is 1.71. The number of nitrogens with one attached hydrogen (secondary N) is 2. The summed E-state index contributed by atoms with van der Waals surface area (Å²) in [4.78, 5) is 33.9. The van der Waals surface area contributed by atoms with Gasteiger partial charge in [0.15, 0.2) is 0 Å². The van der Waals surface area contributed by atoms with Crippen LogP contribution in [-0.4, -0.2) is 32.8 Å². The van der Waals surface area contributed by atoms with Crippen LogP contribution in [0.5, 0.6) is 0 Å². The first-order valence-corrected chi connectivity index (χ1v) is 16.9. The highest BCUT2D eigenvalue weighted by Crippen LogP contribution is 2.67. The fraction of sp³-hybridized carbons (Fsp3) is 0.579. The van der Waals surface area contributed by atoms with E-state index >= 15 is 0 Å². The molecule has 0 radical (unpaired) electrons. The Hall–Kier alpha value is -3.29. The van der Waals surface area contributed by atoms with Crippen LogP contribution >= 0.6 is 0 Å². The monoisotopic (exact) mass is 633 g/mol. The average Bonchev–Trinajstić information content (AvgIpc) is 3.31. The summed E-state index contributed by atoms with van der Waals surface area (Å²) in [7, 11) is 0. The Morgan fingerprint density at radius 1 is 0.935 bits per heavy atom. The number of benzene rings is 2. The van der Waals surface area contributed by atoms with Crippen molar-refractivity contribution >= 4 is 22.7 Å². The number of aryl methyl sites for hydroxylation is 1. The molecule has 8 rings (SSSR count). The molecule has 0 aliphatic heterocycles. The van der Waals surface area contributed by atoms with E-state index in [2.05, 4.69) is 43.2 Å². The molecule has 5 saturated carbocycles. The van der Waals surface area contributed by atoms with E-state index in [0.717, 1.165) is 42.6 Å². The van der Waals surface area contributed by atoms with E-state index in [9.17, 15) is 22.8 Å². The van der Waals surface area contributed by atoms with Gasteiger partial charge in [-0.1, -0.05) is 44.2 Å². The fourth-order valence-corrected chi connectivity index (χ4v) is 10.1. The third kappa shape index (κ3) is 5.33. The third-order valence-corrected chi connectivity index (χ3v) is 12.3. The van der Waals surface area contributed by atoms with Crippen molar-refractivity contribution in [3.63, 3.8) is 0 Å². The highest BCUT2D eigenvalue weighted by atomic mass is 19.4. The van der Waals surface area contributed by atoms with Gasteiger partial charge in [0.1, 0.15) is 5.54 Å². The number of aromatic nitrogens is 1. The van der Waals surface area contributed by atoms with Crippen molar-refractivity contribution in [1.82, 2.24) is 15.2 Å². The summed E-state index contributed by atoms with van der Waals surface area (Å²) in [6.07, 6.45) is 2.56. The number of alkyl halides is 3. The minimum Gasteiger partial charge on any atom is -0.358 e. The molecule has 5 fully saturated rings. The standard InChI is InChI=1S/C38H46F3N3O2/c1-22-32(28-8-6-7-9-30(28)42-22)33-29(35(33,2)3)17-31(45)44(21-23-10-12-27(13-11-23)38(39,40)41)36(4,5)34(46)43-37-18-24-14-25(19-37)16-26(15-24)20-37/h6-13,24-26,29,33,42H,14-21H2,1-5H3,(H,43,46)/t24?,25?,26?,29-,33-,37?/m1/s1. The zero-order valence-corrected chi connectivity index (χ0v) is 27.6. The Morgan fingerprint density at radius 3 is 2.11 bits per heavy atom. The first kappa shape index (κ1) is 31.3. The van der Waals surface area contributed by atoms with Crippen LogP contribution < -0.4 is 5.32 Å². The topological polar surface area (TPSA) is 65.2 Å². The molecule has 2 N–H and O–H groups in total. The Morgan fingerprint density at radius 2 is 1.52 bits per heavy atom. The van der Waals surface area contributed by atoms with Crippen LogP contribution in [0, 0.1) is 36.0 Å². The van der Waals surface area contributed by atoms with Crippen molar-refractivity contribution in [2.45, 2.75) is 109 Å². The van der Waals surface area contributed by atoms with Gasteiger partial charge in [-0.3, -0.25) is 9.59 Å². The molecule has 2 amide bonds. The van der Waals surface area contributed by atoms with Crippen LogP contribution in [0.1, 0.15) is 101 Å².